The third-order valence-corrected chi connectivity index (χ3v) is 4.79. The van der Waals surface area contributed by atoms with Crippen molar-refractivity contribution in [2.45, 2.75) is 13.3 Å². The third kappa shape index (κ3) is 2.84. The maximum absolute atomic E-state index is 12.2. The molecule has 0 atom stereocenters. The topological polar surface area (TPSA) is 72.0 Å². The summed E-state index contributed by atoms with van der Waals surface area (Å²) >= 11 is 2.27. The highest BCUT2D eigenvalue weighted by atomic mass is 32.1. The number of anilines is 1. The van der Waals surface area contributed by atoms with Gasteiger partial charge in [0, 0.05) is 5.39 Å². The molecular weight excluding hydrogens is 306 g/mol. The molecule has 0 aliphatic rings. The first-order valence-electron chi connectivity index (χ1n) is 6.34. The van der Waals surface area contributed by atoms with Crippen molar-refractivity contribution in [1.82, 2.24) is 10.2 Å². The van der Waals surface area contributed by atoms with Gasteiger partial charge in [-0.25, -0.2) is 0 Å². The van der Waals surface area contributed by atoms with Gasteiger partial charge in [0.05, 0.1) is 4.88 Å². The Morgan fingerprint density at radius 2 is 2.05 bits per heavy atom. The lowest BCUT2D eigenvalue weighted by molar-refractivity contribution is 0.103. The zero-order chi connectivity index (χ0) is 14.8. The summed E-state index contributed by atoms with van der Waals surface area (Å²) in [5, 5.41) is 13.2. The predicted molar refractivity (Wildman–Crippen MR) is 85.3 cm³/mol. The van der Waals surface area contributed by atoms with Crippen molar-refractivity contribution in [3.05, 3.63) is 49.8 Å². The van der Waals surface area contributed by atoms with E-state index in [0.717, 1.165) is 28.2 Å². The summed E-state index contributed by atoms with van der Waals surface area (Å²) < 4.78 is -0.121. The van der Waals surface area contributed by atoms with Crippen LogP contribution in [0.15, 0.2) is 35.1 Å². The monoisotopic (exact) mass is 317 g/mol. The molecule has 3 aromatic rings. The molecule has 0 unspecified atom stereocenters. The number of hydrogen-bond donors (Lipinski definition) is 1. The third-order valence-electron chi connectivity index (χ3n) is 2.88. The van der Waals surface area contributed by atoms with Gasteiger partial charge in [0.25, 0.3) is 5.91 Å². The lowest BCUT2D eigenvalue weighted by atomic mass is 10.2. The number of amides is 1. The number of hydrogen-bond acceptors (Lipinski definition) is 6. The van der Waals surface area contributed by atoms with Crippen LogP contribution in [0.4, 0.5) is 5.13 Å². The van der Waals surface area contributed by atoms with Gasteiger partial charge < -0.3 is 0 Å². The molecule has 21 heavy (non-hydrogen) atoms. The van der Waals surface area contributed by atoms with E-state index in [0.29, 0.717) is 15.4 Å². The van der Waals surface area contributed by atoms with Crippen molar-refractivity contribution in [2.24, 2.45) is 0 Å². The second-order valence-electron chi connectivity index (χ2n) is 4.29. The largest absolute Gasteiger partial charge is 0.296 e. The fraction of sp³-hybridized carbons (Fsp3) is 0.143. The molecule has 0 saturated heterocycles. The Morgan fingerprint density at radius 1 is 1.24 bits per heavy atom. The van der Waals surface area contributed by atoms with Gasteiger partial charge in [0.2, 0.25) is 9.87 Å². The molecule has 0 aliphatic heterocycles. The van der Waals surface area contributed by atoms with Crippen LogP contribution < -0.4 is 10.1 Å². The lowest BCUT2D eigenvalue weighted by Gasteiger charge is -2.01. The van der Waals surface area contributed by atoms with Crippen LogP contribution >= 0.6 is 22.7 Å². The molecule has 1 aromatic carbocycles. The highest BCUT2D eigenvalue weighted by Crippen LogP contribution is 2.19. The summed E-state index contributed by atoms with van der Waals surface area (Å²) in [5.74, 6) is -0.332. The molecule has 106 valence electrons. The average molecular weight is 317 g/mol. The summed E-state index contributed by atoms with van der Waals surface area (Å²) in [6.45, 7) is 1.97. The van der Waals surface area contributed by atoms with E-state index in [4.69, 9.17) is 0 Å². The van der Waals surface area contributed by atoms with Crippen LogP contribution in [0.25, 0.3) is 10.8 Å². The van der Waals surface area contributed by atoms with Gasteiger partial charge >= 0.3 is 0 Å². The fourth-order valence-corrected chi connectivity index (χ4v) is 3.35. The molecule has 1 amide bonds. The van der Waals surface area contributed by atoms with Crippen LogP contribution in [0.1, 0.15) is 21.6 Å². The summed E-state index contributed by atoms with van der Waals surface area (Å²) in [5.41, 5.74) is 0. The number of nitrogens with one attached hydrogen (secondary N) is 1. The highest BCUT2D eigenvalue weighted by molar-refractivity contribution is 7.15. The Bertz CT molecular complexity index is 870. The van der Waals surface area contributed by atoms with Gasteiger partial charge in [-0.15, -0.1) is 10.2 Å². The Balaban J connectivity index is 1.92. The molecule has 2 aromatic heterocycles. The molecule has 0 bridgehead atoms. The van der Waals surface area contributed by atoms with Crippen LogP contribution in [0.5, 0.6) is 0 Å². The SMILES string of the molecule is CCc1nnc(NC(=O)c2cc3ccccc3c(=O)s2)s1. The highest BCUT2D eigenvalue weighted by Gasteiger charge is 2.12. The molecule has 7 heteroatoms. The van der Waals surface area contributed by atoms with Crippen LogP contribution in [-0.4, -0.2) is 16.1 Å². The van der Waals surface area contributed by atoms with E-state index < -0.39 is 0 Å². The van der Waals surface area contributed by atoms with Crippen LogP contribution in [-0.2, 0) is 6.42 Å². The second-order valence-corrected chi connectivity index (χ2v) is 6.37. The quantitative estimate of drug-likeness (QED) is 0.806. The molecule has 5 nitrogen and oxygen atoms in total. The van der Waals surface area contributed by atoms with E-state index in [9.17, 15) is 9.59 Å². The van der Waals surface area contributed by atoms with Gasteiger partial charge in [0.15, 0.2) is 0 Å². The van der Waals surface area contributed by atoms with Crippen molar-refractivity contribution < 1.29 is 4.79 Å². The number of aromatic nitrogens is 2. The van der Waals surface area contributed by atoms with Gasteiger partial charge in [0.1, 0.15) is 5.01 Å². The number of fused-ring (bicyclic) bond motifs is 1. The minimum atomic E-state index is -0.332. The number of carbonyl (C=O) groups is 1. The maximum atomic E-state index is 12.2. The molecule has 0 spiro atoms. The number of nitrogens with zero attached hydrogens (tertiary/aromatic N) is 2. The van der Waals surface area contributed by atoms with E-state index in [1.54, 1.807) is 12.1 Å². The minimum absolute atomic E-state index is 0.121. The zero-order valence-corrected chi connectivity index (χ0v) is 12.8. The van der Waals surface area contributed by atoms with E-state index in [1.807, 2.05) is 25.1 Å². The first-order chi connectivity index (χ1) is 10.2. The molecule has 3 rings (SSSR count). The molecular formula is C14H11N3O2S2. The van der Waals surface area contributed by atoms with Crippen LogP contribution in [0, 0.1) is 0 Å². The summed E-state index contributed by atoms with van der Waals surface area (Å²) in [4.78, 5) is 24.6. The van der Waals surface area contributed by atoms with E-state index in [-0.39, 0.29) is 10.6 Å². The number of aryl methyl sites for hydroxylation is 1. The lowest BCUT2D eigenvalue weighted by Crippen LogP contribution is -2.12. The fourth-order valence-electron chi connectivity index (χ4n) is 1.85. The smallest absolute Gasteiger partial charge is 0.267 e. The second kappa shape index (κ2) is 5.71. The molecule has 0 fully saturated rings. The zero-order valence-electron chi connectivity index (χ0n) is 11.1. The number of rotatable bonds is 3. The molecule has 0 aliphatic carbocycles. The molecule has 0 saturated carbocycles. The summed E-state index contributed by atoms with van der Waals surface area (Å²) in [7, 11) is 0. The van der Waals surface area contributed by atoms with Gasteiger partial charge in [-0.05, 0) is 23.9 Å². The van der Waals surface area contributed by atoms with Crippen molar-refractivity contribution in [3.8, 4) is 0 Å². The van der Waals surface area contributed by atoms with E-state index in [2.05, 4.69) is 15.5 Å². The minimum Gasteiger partial charge on any atom is -0.296 e. The summed E-state index contributed by atoms with van der Waals surface area (Å²) in [6, 6.07) is 8.95. The Labute approximate surface area is 128 Å². The van der Waals surface area contributed by atoms with E-state index >= 15 is 0 Å². The number of carbonyl (C=O) groups excluding carboxylic acids is 1. The first-order valence-corrected chi connectivity index (χ1v) is 7.97. The molecule has 1 N–H and O–H groups in total. The maximum Gasteiger partial charge on any atom is 0.267 e. The summed E-state index contributed by atoms with van der Waals surface area (Å²) in [6.07, 6.45) is 0.775. The molecule has 2 heterocycles. The van der Waals surface area contributed by atoms with Gasteiger partial charge in [-0.2, -0.15) is 0 Å². The van der Waals surface area contributed by atoms with Crippen LogP contribution in [0.3, 0.4) is 0 Å². The Morgan fingerprint density at radius 3 is 2.81 bits per heavy atom. The van der Waals surface area contributed by atoms with Crippen molar-refractivity contribution >= 4 is 44.5 Å². The first kappa shape index (κ1) is 13.8. The Hall–Kier alpha value is -2.12. The Kier molecular flexibility index (Phi) is 3.76. The average Bonchev–Trinajstić information content (AvgIpc) is 2.95. The van der Waals surface area contributed by atoms with Crippen molar-refractivity contribution in [1.29, 1.82) is 0 Å². The standard InChI is InChI=1S/C14H11N3O2S2/c1-2-11-16-17-14(21-11)15-12(18)10-7-8-5-3-4-6-9(8)13(19)20-10/h3-7H,2H2,1H3,(H,15,17,18). The van der Waals surface area contributed by atoms with Gasteiger partial charge in [-0.3, -0.25) is 14.9 Å². The van der Waals surface area contributed by atoms with Gasteiger partial charge in [-0.1, -0.05) is 47.8 Å². The normalized spacial score (nSPS) is 10.7. The molecule has 0 radical (unpaired) electrons. The van der Waals surface area contributed by atoms with Crippen molar-refractivity contribution in [3.63, 3.8) is 0 Å². The predicted octanol–water partition coefficient (Wildman–Crippen LogP) is 2.93. The van der Waals surface area contributed by atoms with Crippen LogP contribution in [0.2, 0.25) is 0 Å². The number of benzene rings is 1. The van der Waals surface area contributed by atoms with E-state index in [1.165, 1.54) is 11.3 Å². The van der Waals surface area contributed by atoms with Crippen molar-refractivity contribution in [2.75, 3.05) is 5.32 Å².